The van der Waals surface area contributed by atoms with Gasteiger partial charge in [0.15, 0.2) is 0 Å². The van der Waals surface area contributed by atoms with Gasteiger partial charge in [0.2, 0.25) is 5.88 Å². The Morgan fingerprint density at radius 2 is 1.62 bits per heavy atom. The maximum absolute atomic E-state index is 6.04. The van der Waals surface area contributed by atoms with Gasteiger partial charge in [-0.05, 0) is 53.6 Å². The molecule has 0 bridgehead atoms. The molecule has 6 aromatic rings. The molecule has 0 aliphatic carbocycles. The normalized spacial score (nSPS) is 11.0. The predicted octanol–water partition coefficient (Wildman–Crippen LogP) is 7.76. The monoisotopic (exact) mass is 662 g/mol. The second kappa shape index (κ2) is 10.7. The molecule has 0 N–H and O–H groups in total. The number of hydrogen-bond acceptors (Lipinski definition) is 3. The van der Waals surface area contributed by atoms with Crippen LogP contribution in [0.5, 0.6) is 11.6 Å². The van der Waals surface area contributed by atoms with Crippen molar-refractivity contribution in [2.24, 2.45) is 0 Å². The average Bonchev–Trinajstić information content (AvgIpc) is 3.27. The molecule has 0 spiro atoms. The molecule has 0 radical (unpaired) electrons. The van der Waals surface area contributed by atoms with E-state index in [-0.39, 0.29) is 21.1 Å². The molecule has 0 amide bonds. The summed E-state index contributed by atoms with van der Waals surface area (Å²) in [6, 6.07) is 35.7. The Morgan fingerprint density at radius 3 is 2.49 bits per heavy atom. The molecule has 6 rings (SSSR count). The molecule has 37 heavy (non-hydrogen) atoms. The standard InChI is InChI=1S/C32H25N3O.Pt/c1-3-22-17-18-33-31(19-22)35-29-13-6-5-12-27(29)28-16-15-24(21-30(28)35)23-9-7-11-26(20-23)36-32-14-8-10-25(4-2)34-32;/h5-19H,3-4H2,1-2H3;/q-2;+2. The van der Waals surface area contributed by atoms with E-state index in [0.29, 0.717) is 11.6 Å². The van der Waals surface area contributed by atoms with Crippen LogP contribution in [0.1, 0.15) is 25.1 Å². The summed E-state index contributed by atoms with van der Waals surface area (Å²) in [6.07, 6.45) is 3.70. The zero-order chi connectivity index (χ0) is 24.5. The minimum absolute atomic E-state index is 0. The van der Waals surface area contributed by atoms with E-state index in [2.05, 4.69) is 84.1 Å². The summed E-state index contributed by atoms with van der Waals surface area (Å²) in [7, 11) is 0. The van der Waals surface area contributed by atoms with E-state index < -0.39 is 0 Å². The third-order valence-corrected chi connectivity index (χ3v) is 6.45. The molecule has 3 aromatic carbocycles. The number of pyridine rings is 2. The van der Waals surface area contributed by atoms with Gasteiger partial charge in [0.05, 0.1) is 0 Å². The molecule has 184 valence electrons. The van der Waals surface area contributed by atoms with Crippen molar-refractivity contribution in [3.05, 3.63) is 115 Å². The van der Waals surface area contributed by atoms with Crippen LogP contribution in [0.4, 0.5) is 0 Å². The van der Waals surface area contributed by atoms with E-state index in [0.717, 1.165) is 51.9 Å². The van der Waals surface area contributed by atoms with Crippen molar-refractivity contribution in [1.82, 2.24) is 14.5 Å². The van der Waals surface area contributed by atoms with Crippen LogP contribution in [-0.4, -0.2) is 14.5 Å². The van der Waals surface area contributed by atoms with Crippen LogP contribution in [0.2, 0.25) is 0 Å². The Hall–Kier alpha value is -3.75. The van der Waals surface area contributed by atoms with Gasteiger partial charge in [-0.25, -0.2) is 21.1 Å². The molecule has 0 atom stereocenters. The Bertz CT molecular complexity index is 1710. The number of fused-ring (bicyclic) bond motifs is 3. The van der Waals surface area contributed by atoms with Crippen molar-refractivity contribution in [2.45, 2.75) is 26.7 Å². The van der Waals surface area contributed by atoms with Gasteiger partial charge in [-0.1, -0.05) is 43.5 Å². The second-order valence-corrected chi connectivity index (χ2v) is 8.71. The van der Waals surface area contributed by atoms with E-state index in [9.17, 15) is 0 Å². The first-order chi connectivity index (χ1) is 17.7. The Labute approximate surface area is 231 Å². The van der Waals surface area contributed by atoms with Crippen LogP contribution in [0.25, 0.3) is 38.8 Å². The molecule has 3 heterocycles. The van der Waals surface area contributed by atoms with Gasteiger partial charge in [0.25, 0.3) is 0 Å². The summed E-state index contributed by atoms with van der Waals surface area (Å²) in [6.45, 7) is 4.24. The van der Waals surface area contributed by atoms with Crippen LogP contribution in [0.15, 0.2) is 91.1 Å². The molecule has 0 aliphatic heterocycles. The molecular formula is C32H25N3OPt. The molecule has 0 saturated heterocycles. The summed E-state index contributed by atoms with van der Waals surface area (Å²) in [5.74, 6) is 2.10. The Morgan fingerprint density at radius 1 is 0.784 bits per heavy atom. The number of nitrogens with zero attached hydrogens (tertiary/aromatic N) is 3. The van der Waals surface area contributed by atoms with E-state index in [1.54, 1.807) is 0 Å². The van der Waals surface area contributed by atoms with Gasteiger partial charge in [-0.2, -0.15) is 24.3 Å². The first-order valence-electron chi connectivity index (χ1n) is 12.3. The van der Waals surface area contributed by atoms with Gasteiger partial charge >= 0.3 is 21.1 Å². The number of aromatic nitrogens is 3. The Balaban J connectivity index is 0.00000280. The fraction of sp³-hybridized carbons (Fsp3) is 0.125. The van der Waals surface area contributed by atoms with Crippen molar-refractivity contribution < 1.29 is 25.8 Å². The van der Waals surface area contributed by atoms with Crippen LogP contribution < -0.4 is 4.74 Å². The van der Waals surface area contributed by atoms with E-state index in [4.69, 9.17) is 9.72 Å². The smallest absolute Gasteiger partial charge is 0.460 e. The summed E-state index contributed by atoms with van der Waals surface area (Å²) < 4.78 is 8.24. The van der Waals surface area contributed by atoms with E-state index in [1.807, 2.05) is 42.6 Å². The van der Waals surface area contributed by atoms with Gasteiger partial charge in [-0.3, -0.25) is 0 Å². The predicted molar refractivity (Wildman–Crippen MR) is 145 cm³/mol. The first kappa shape index (κ1) is 24.9. The van der Waals surface area contributed by atoms with E-state index in [1.165, 1.54) is 10.9 Å². The number of benzene rings is 3. The van der Waals surface area contributed by atoms with Gasteiger partial charge in [0.1, 0.15) is 5.82 Å². The number of aryl methyl sites for hydroxylation is 2. The molecule has 4 nitrogen and oxygen atoms in total. The Kier molecular flexibility index (Phi) is 7.21. The van der Waals surface area contributed by atoms with Crippen molar-refractivity contribution in [3.63, 3.8) is 0 Å². The van der Waals surface area contributed by atoms with Crippen LogP contribution in [-0.2, 0) is 33.9 Å². The summed E-state index contributed by atoms with van der Waals surface area (Å²) in [4.78, 5) is 9.27. The van der Waals surface area contributed by atoms with Gasteiger partial charge < -0.3 is 9.30 Å². The number of rotatable bonds is 6. The van der Waals surface area contributed by atoms with Gasteiger partial charge in [0, 0.05) is 29.2 Å². The molecule has 3 aromatic heterocycles. The third-order valence-electron chi connectivity index (χ3n) is 6.45. The quantitative estimate of drug-likeness (QED) is 0.171. The molecular weight excluding hydrogens is 637 g/mol. The average molecular weight is 663 g/mol. The maximum Gasteiger partial charge on any atom is 2.00 e. The molecule has 0 unspecified atom stereocenters. The topological polar surface area (TPSA) is 39.9 Å². The molecule has 0 fully saturated rings. The fourth-order valence-electron chi connectivity index (χ4n) is 4.58. The van der Waals surface area contributed by atoms with Crippen molar-refractivity contribution in [1.29, 1.82) is 0 Å². The number of ether oxygens (including phenoxy) is 1. The van der Waals surface area contributed by atoms with Gasteiger partial charge in [-0.15, -0.1) is 18.2 Å². The third kappa shape index (κ3) is 4.82. The first-order valence-corrected chi connectivity index (χ1v) is 12.3. The SMILES string of the molecule is CCc1ccnc(-n2c3[c-]c(-c4[c-]c(Oc5cccc(CC)n5)ccc4)ccc3c3ccccc32)c1.[Pt+2]. The second-order valence-electron chi connectivity index (χ2n) is 8.71. The summed E-state index contributed by atoms with van der Waals surface area (Å²) in [5, 5.41) is 2.33. The van der Waals surface area contributed by atoms with Crippen LogP contribution in [0.3, 0.4) is 0 Å². The number of para-hydroxylation sites is 1. The van der Waals surface area contributed by atoms with Crippen LogP contribution in [0, 0.1) is 12.1 Å². The minimum atomic E-state index is 0. The summed E-state index contributed by atoms with van der Waals surface area (Å²) in [5.41, 5.74) is 6.21. The van der Waals surface area contributed by atoms with Crippen molar-refractivity contribution in [3.8, 4) is 28.6 Å². The number of hydrogen-bond donors (Lipinski definition) is 0. The summed E-state index contributed by atoms with van der Waals surface area (Å²) >= 11 is 0. The zero-order valence-corrected chi connectivity index (χ0v) is 22.9. The fourth-order valence-corrected chi connectivity index (χ4v) is 4.58. The maximum atomic E-state index is 6.04. The van der Waals surface area contributed by atoms with Crippen molar-refractivity contribution in [2.75, 3.05) is 0 Å². The minimum Gasteiger partial charge on any atom is -0.460 e. The molecule has 5 heteroatoms. The van der Waals surface area contributed by atoms with Crippen LogP contribution >= 0.6 is 0 Å². The van der Waals surface area contributed by atoms with E-state index >= 15 is 0 Å². The van der Waals surface area contributed by atoms with Crippen molar-refractivity contribution >= 4 is 21.8 Å². The zero-order valence-electron chi connectivity index (χ0n) is 20.6. The molecule has 0 saturated carbocycles. The molecule has 0 aliphatic rings. The largest absolute Gasteiger partial charge is 2.00 e.